The zero-order chi connectivity index (χ0) is 19.7. The third-order valence-electron chi connectivity index (χ3n) is 4.10. The minimum Gasteiger partial charge on any atom is -0.481 e. The van der Waals surface area contributed by atoms with Crippen molar-refractivity contribution in [1.82, 2.24) is 5.43 Å². The van der Waals surface area contributed by atoms with Crippen LogP contribution < -0.4 is 5.43 Å². The average Bonchev–Trinajstić information content (AvgIpc) is 2.49. The number of ether oxygens (including phenoxy) is 3. The molecule has 0 radical (unpaired) electrons. The van der Waals surface area contributed by atoms with E-state index in [-0.39, 0.29) is 30.7 Å². The van der Waals surface area contributed by atoms with E-state index in [0.717, 1.165) is 12.8 Å². The number of carbonyl (C=O) groups is 2. The first kappa shape index (κ1) is 22.4. The van der Waals surface area contributed by atoms with Crippen LogP contribution >= 0.6 is 0 Å². The second kappa shape index (κ2) is 10.5. The van der Waals surface area contributed by atoms with Crippen LogP contribution in [0.5, 0.6) is 0 Å². The first-order chi connectivity index (χ1) is 12.1. The molecule has 1 rings (SSSR count). The van der Waals surface area contributed by atoms with Crippen LogP contribution in [0, 0.1) is 11.8 Å². The lowest BCUT2D eigenvalue weighted by atomic mass is 9.85. The topological polar surface area (TPSA) is 106 Å². The van der Waals surface area contributed by atoms with Gasteiger partial charge in [0.25, 0.3) is 0 Å². The van der Waals surface area contributed by atoms with Crippen LogP contribution in [-0.2, 0) is 19.0 Å². The fourth-order valence-electron chi connectivity index (χ4n) is 2.76. The van der Waals surface area contributed by atoms with E-state index in [2.05, 4.69) is 17.5 Å². The van der Waals surface area contributed by atoms with Crippen LogP contribution in [0.3, 0.4) is 0 Å². The summed E-state index contributed by atoms with van der Waals surface area (Å²) in [5, 5.41) is 12.7. The molecule has 0 aromatic carbocycles. The molecule has 0 saturated carbocycles. The summed E-state index contributed by atoms with van der Waals surface area (Å²) in [7, 11) is 0. The number of hydrogen-bond acceptors (Lipinski definition) is 6. The lowest BCUT2D eigenvalue weighted by Gasteiger charge is -2.36. The van der Waals surface area contributed by atoms with Gasteiger partial charge in [0.05, 0.1) is 12.8 Å². The van der Waals surface area contributed by atoms with Crippen LogP contribution in [0.1, 0.15) is 60.3 Å². The molecule has 1 aliphatic rings. The zero-order valence-electron chi connectivity index (χ0n) is 16.4. The Morgan fingerprint density at radius 1 is 1.38 bits per heavy atom. The Balaban J connectivity index is 2.53. The highest BCUT2D eigenvalue weighted by atomic mass is 16.7. The Morgan fingerprint density at radius 2 is 2.08 bits per heavy atom. The van der Waals surface area contributed by atoms with Gasteiger partial charge >= 0.3 is 12.1 Å². The van der Waals surface area contributed by atoms with Crippen molar-refractivity contribution in [1.29, 1.82) is 0 Å². The summed E-state index contributed by atoms with van der Waals surface area (Å²) < 4.78 is 16.5. The van der Waals surface area contributed by atoms with Crippen molar-refractivity contribution >= 4 is 18.3 Å². The van der Waals surface area contributed by atoms with Crippen LogP contribution in [-0.4, -0.2) is 48.0 Å². The maximum atomic E-state index is 11.6. The largest absolute Gasteiger partial charge is 0.481 e. The highest BCUT2D eigenvalue weighted by Gasteiger charge is 2.32. The summed E-state index contributed by atoms with van der Waals surface area (Å²) in [6.07, 6.45) is 2.87. The summed E-state index contributed by atoms with van der Waals surface area (Å²) in [5.74, 6) is -0.413. The number of carboxylic acids is 1. The molecule has 150 valence electrons. The smallest absolute Gasteiger partial charge is 0.428 e. The van der Waals surface area contributed by atoms with Gasteiger partial charge < -0.3 is 19.3 Å². The number of nitrogens with zero attached hydrogens (tertiary/aromatic N) is 1. The molecule has 4 atom stereocenters. The monoisotopic (exact) mass is 372 g/mol. The van der Waals surface area contributed by atoms with E-state index in [4.69, 9.17) is 19.3 Å². The highest BCUT2D eigenvalue weighted by Crippen LogP contribution is 2.28. The standard InChI is InChI=1S/C18H32N2O6/c1-12(8-6-7-9-16(21)22)14-11-24-13(2)25-15(14)10-19-20-17(23)26-18(3,4)5/h10,12-15H,6-9,11H2,1-5H3,(H,20,23)(H,21,22)/b19-10-/t12?,13-,14-,15+/m1/s1. The van der Waals surface area contributed by atoms with E-state index < -0.39 is 17.7 Å². The van der Waals surface area contributed by atoms with Crippen LogP contribution in [0.25, 0.3) is 0 Å². The summed E-state index contributed by atoms with van der Waals surface area (Å²) in [5.41, 5.74) is 1.76. The van der Waals surface area contributed by atoms with E-state index in [9.17, 15) is 9.59 Å². The predicted octanol–water partition coefficient (Wildman–Crippen LogP) is 3.16. The van der Waals surface area contributed by atoms with Crippen molar-refractivity contribution in [2.45, 2.75) is 78.3 Å². The van der Waals surface area contributed by atoms with E-state index in [0.29, 0.717) is 13.0 Å². The summed E-state index contributed by atoms with van der Waals surface area (Å²) in [6, 6.07) is 0. The fourth-order valence-corrected chi connectivity index (χ4v) is 2.76. The van der Waals surface area contributed by atoms with Crippen LogP contribution in [0.15, 0.2) is 5.10 Å². The lowest BCUT2D eigenvalue weighted by molar-refractivity contribution is -0.215. The third kappa shape index (κ3) is 9.15. The molecule has 1 unspecified atom stereocenters. The van der Waals surface area contributed by atoms with Crippen molar-refractivity contribution in [3.05, 3.63) is 0 Å². The maximum Gasteiger partial charge on any atom is 0.428 e. The van der Waals surface area contributed by atoms with Gasteiger partial charge in [0.15, 0.2) is 6.29 Å². The van der Waals surface area contributed by atoms with Gasteiger partial charge in [0.2, 0.25) is 0 Å². The minimum atomic E-state index is -0.769. The van der Waals surface area contributed by atoms with Gasteiger partial charge in [-0.15, -0.1) is 0 Å². The van der Waals surface area contributed by atoms with E-state index in [1.807, 2.05) is 6.92 Å². The van der Waals surface area contributed by atoms with Gasteiger partial charge in [-0.05, 0) is 40.0 Å². The fraction of sp³-hybridized carbons (Fsp3) is 0.833. The second-order valence-electron chi connectivity index (χ2n) is 7.67. The molecule has 2 N–H and O–H groups in total. The number of aliphatic carboxylic acids is 1. The number of nitrogens with one attached hydrogen (secondary N) is 1. The summed E-state index contributed by atoms with van der Waals surface area (Å²) in [6.45, 7) is 9.78. The average molecular weight is 372 g/mol. The van der Waals surface area contributed by atoms with Gasteiger partial charge in [-0.2, -0.15) is 5.10 Å². The van der Waals surface area contributed by atoms with Gasteiger partial charge in [0.1, 0.15) is 11.7 Å². The molecule has 0 bridgehead atoms. The molecular formula is C18H32N2O6. The molecule has 1 saturated heterocycles. The van der Waals surface area contributed by atoms with Crippen molar-refractivity contribution in [3.8, 4) is 0 Å². The molecule has 26 heavy (non-hydrogen) atoms. The SMILES string of the molecule is CC(CCCCC(=O)O)[C@H]1CO[C@@H](C)O[C@H]1/C=N\NC(=O)OC(C)(C)C. The van der Waals surface area contributed by atoms with Crippen LogP contribution in [0.4, 0.5) is 4.79 Å². The van der Waals surface area contributed by atoms with Crippen molar-refractivity contribution in [3.63, 3.8) is 0 Å². The van der Waals surface area contributed by atoms with Crippen molar-refractivity contribution < 1.29 is 28.9 Å². The second-order valence-corrected chi connectivity index (χ2v) is 7.67. The molecular weight excluding hydrogens is 340 g/mol. The Kier molecular flexibility index (Phi) is 9.01. The Bertz CT molecular complexity index is 489. The highest BCUT2D eigenvalue weighted by molar-refractivity contribution is 5.71. The van der Waals surface area contributed by atoms with Gasteiger partial charge in [0, 0.05) is 12.3 Å². The number of unbranched alkanes of at least 4 members (excludes halogenated alkanes) is 1. The quantitative estimate of drug-likeness (QED) is 0.385. The number of carboxylic acid groups (broad SMARTS) is 1. The van der Waals surface area contributed by atoms with Crippen LogP contribution in [0.2, 0.25) is 0 Å². The van der Waals surface area contributed by atoms with Crippen molar-refractivity contribution in [2.24, 2.45) is 16.9 Å². The molecule has 1 aliphatic heterocycles. The van der Waals surface area contributed by atoms with Gasteiger partial charge in [-0.1, -0.05) is 19.8 Å². The molecule has 1 fully saturated rings. The molecule has 8 heteroatoms. The minimum absolute atomic E-state index is 0.0835. The maximum absolute atomic E-state index is 11.6. The molecule has 0 aliphatic carbocycles. The van der Waals surface area contributed by atoms with E-state index >= 15 is 0 Å². The third-order valence-corrected chi connectivity index (χ3v) is 4.10. The van der Waals surface area contributed by atoms with Gasteiger partial charge in [-0.25, -0.2) is 10.2 Å². The molecule has 1 heterocycles. The number of rotatable bonds is 8. The molecule has 1 amide bonds. The summed E-state index contributed by atoms with van der Waals surface area (Å²) >= 11 is 0. The first-order valence-corrected chi connectivity index (χ1v) is 9.09. The molecule has 8 nitrogen and oxygen atoms in total. The number of hydrogen-bond donors (Lipinski definition) is 2. The Morgan fingerprint density at radius 3 is 2.69 bits per heavy atom. The molecule has 0 aromatic heterocycles. The first-order valence-electron chi connectivity index (χ1n) is 9.09. The molecule has 0 spiro atoms. The van der Waals surface area contributed by atoms with Gasteiger partial charge in [-0.3, -0.25) is 4.79 Å². The summed E-state index contributed by atoms with van der Waals surface area (Å²) in [4.78, 5) is 22.2. The number of amides is 1. The van der Waals surface area contributed by atoms with E-state index in [1.165, 1.54) is 0 Å². The zero-order valence-corrected chi connectivity index (χ0v) is 16.4. The Hall–Kier alpha value is -1.67. The van der Waals surface area contributed by atoms with Crippen molar-refractivity contribution in [2.75, 3.05) is 6.61 Å². The Labute approximate surface area is 155 Å². The normalized spacial score (nSPS) is 25.0. The predicted molar refractivity (Wildman–Crippen MR) is 96.9 cm³/mol. The lowest BCUT2D eigenvalue weighted by Crippen LogP contribution is -2.43. The molecule has 0 aromatic rings. The number of hydrazone groups is 1. The van der Waals surface area contributed by atoms with E-state index in [1.54, 1.807) is 27.0 Å². The number of carbonyl (C=O) groups excluding carboxylic acids is 1.